The van der Waals surface area contributed by atoms with Crippen LogP contribution in [0.4, 0.5) is 0 Å². The van der Waals surface area contributed by atoms with Gasteiger partial charge in [0.15, 0.2) is 11.4 Å². The predicted octanol–water partition coefficient (Wildman–Crippen LogP) is 4.97. The zero-order valence-corrected chi connectivity index (χ0v) is 13.1. The number of nitrogens with zero attached hydrogens (tertiary/aromatic N) is 2. The molecule has 0 aliphatic rings. The second-order valence-electron chi connectivity index (χ2n) is 3.75. The minimum atomic E-state index is 0.522. The number of aromatic nitrogens is 2. The molecular formula is C12H5BrCl2N2OS. The van der Waals surface area contributed by atoms with Crippen molar-refractivity contribution in [3.8, 4) is 5.13 Å². The Kier molecular flexibility index (Phi) is 3.39. The molecule has 3 rings (SSSR count). The number of rotatable bonds is 2. The zero-order valence-electron chi connectivity index (χ0n) is 9.23. The van der Waals surface area contributed by atoms with Crippen molar-refractivity contribution in [3.63, 3.8) is 0 Å². The Morgan fingerprint density at radius 1 is 1.42 bits per heavy atom. The lowest BCUT2D eigenvalue weighted by Crippen LogP contribution is -1.95. The van der Waals surface area contributed by atoms with Gasteiger partial charge >= 0.3 is 0 Å². The minimum Gasteiger partial charge on any atom is -0.296 e. The Hall–Kier alpha value is -0.880. The summed E-state index contributed by atoms with van der Waals surface area (Å²) in [5.74, 6) is 0. The van der Waals surface area contributed by atoms with Crippen LogP contribution in [0.5, 0.6) is 0 Å². The van der Waals surface area contributed by atoms with Crippen LogP contribution < -0.4 is 0 Å². The average Bonchev–Trinajstić information content (AvgIpc) is 3.01. The molecule has 1 aromatic carbocycles. The molecule has 19 heavy (non-hydrogen) atoms. The summed E-state index contributed by atoms with van der Waals surface area (Å²) in [5, 5.41) is 1.75. The van der Waals surface area contributed by atoms with Gasteiger partial charge in [0.05, 0.1) is 20.4 Å². The topological polar surface area (TPSA) is 34.9 Å². The molecule has 0 N–H and O–H groups in total. The van der Waals surface area contributed by atoms with E-state index in [0.717, 1.165) is 15.5 Å². The monoisotopic (exact) mass is 374 g/mol. The summed E-state index contributed by atoms with van der Waals surface area (Å²) >= 11 is 17.1. The largest absolute Gasteiger partial charge is 0.296 e. The summed E-state index contributed by atoms with van der Waals surface area (Å²) in [6.45, 7) is 0. The third-order valence-electron chi connectivity index (χ3n) is 2.61. The standard InChI is InChI=1S/C12H5BrCl2N2OS/c13-7-4-8(14)10-11(9(7)15)19-12(16-10)17-3-1-2-6(17)5-18/h1-5H. The van der Waals surface area contributed by atoms with Crippen LogP contribution in [0.15, 0.2) is 28.9 Å². The first-order valence-electron chi connectivity index (χ1n) is 5.18. The summed E-state index contributed by atoms with van der Waals surface area (Å²) in [5.41, 5.74) is 1.17. The molecule has 0 saturated heterocycles. The summed E-state index contributed by atoms with van der Waals surface area (Å²) < 4.78 is 3.23. The summed E-state index contributed by atoms with van der Waals surface area (Å²) in [6.07, 6.45) is 2.56. The second kappa shape index (κ2) is 4.90. The van der Waals surface area contributed by atoms with E-state index in [1.165, 1.54) is 11.3 Å². The van der Waals surface area contributed by atoms with Gasteiger partial charge in [-0.25, -0.2) is 4.98 Å². The fourth-order valence-electron chi connectivity index (χ4n) is 1.74. The lowest BCUT2D eigenvalue weighted by Gasteiger charge is -1.97. The fourth-order valence-corrected chi connectivity index (χ4v) is 4.03. The molecule has 0 aliphatic carbocycles. The number of carbonyl (C=O) groups excluding carboxylic acids is 1. The van der Waals surface area contributed by atoms with Crippen molar-refractivity contribution in [3.05, 3.63) is 44.6 Å². The highest BCUT2D eigenvalue weighted by Crippen LogP contribution is 2.40. The number of thiazole rings is 1. The van der Waals surface area contributed by atoms with Crippen LogP contribution in [0.1, 0.15) is 10.5 Å². The molecule has 0 radical (unpaired) electrons. The molecule has 0 fully saturated rings. The van der Waals surface area contributed by atoms with Crippen LogP contribution in [-0.4, -0.2) is 15.8 Å². The van der Waals surface area contributed by atoms with Crippen molar-refractivity contribution >= 4 is 67.0 Å². The van der Waals surface area contributed by atoms with Gasteiger partial charge in [0.1, 0.15) is 5.52 Å². The summed E-state index contributed by atoms with van der Waals surface area (Å²) in [6, 6.07) is 5.22. The normalized spacial score (nSPS) is 11.1. The van der Waals surface area contributed by atoms with Gasteiger partial charge < -0.3 is 0 Å². The van der Waals surface area contributed by atoms with Crippen molar-refractivity contribution in [1.29, 1.82) is 0 Å². The highest BCUT2D eigenvalue weighted by Gasteiger charge is 2.15. The van der Waals surface area contributed by atoms with Crippen molar-refractivity contribution in [1.82, 2.24) is 9.55 Å². The van der Waals surface area contributed by atoms with Crippen LogP contribution in [0.3, 0.4) is 0 Å². The molecule has 0 saturated carbocycles. The van der Waals surface area contributed by atoms with E-state index in [1.54, 1.807) is 29.0 Å². The molecule has 2 heterocycles. The molecule has 96 valence electrons. The molecule has 0 bridgehead atoms. The van der Waals surface area contributed by atoms with Crippen molar-refractivity contribution in [2.45, 2.75) is 0 Å². The van der Waals surface area contributed by atoms with E-state index in [9.17, 15) is 4.79 Å². The molecule has 0 aliphatic heterocycles. The molecule has 3 nitrogen and oxygen atoms in total. The number of carbonyl (C=O) groups is 1. The third kappa shape index (κ3) is 2.10. The maximum Gasteiger partial charge on any atom is 0.195 e. The third-order valence-corrected chi connectivity index (χ3v) is 5.33. The maximum absolute atomic E-state index is 11.0. The Balaban J connectivity index is 2.31. The van der Waals surface area contributed by atoms with Gasteiger partial charge in [-0.15, -0.1) is 0 Å². The highest BCUT2D eigenvalue weighted by molar-refractivity contribution is 9.10. The number of benzene rings is 1. The van der Waals surface area contributed by atoms with Crippen molar-refractivity contribution in [2.75, 3.05) is 0 Å². The lowest BCUT2D eigenvalue weighted by atomic mass is 10.3. The van der Waals surface area contributed by atoms with Gasteiger partial charge in [-0.05, 0) is 34.1 Å². The molecule has 0 atom stereocenters. The van der Waals surface area contributed by atoms with Gasteiger partial charge in [0, 0.05) is 10.7 Å². The molecule has 7 heteroatoms. The van der Waals surface area contributed by atoms with Crippen LogP contribution in [0.25, 0.3) is 15.3 Å². The SMILES string of the molecule is O=Cc1cccn1-c1nc2c(Cl)cc(Br)c(Cl)c2s1. The Morgan fingerprint density at radius 2 is 2.21 bits per heavy atom. The van der Waals surface area contributed by atoms with E-state index in [0.29, 0.717) is 26.4 Å². The van der Waals surface area contributed by atoms with Crippen LogP contribution in [0, 0.1) is 0 Å². The smallest absolute Gasteiger partial charge is 0.195 e. The van der Waals surface area contributed by atoms with E-state index in [1.807, 2.05) is 0 Å². The van der Waals surface area contributed by atoms with Crippen LogP contribution in [0.2, 0.25) is 10.0 Å². The number of fused-ring (bicyclic) bond motifs is 1. The summed E-state index contributed by atoms with van der Waals surface area (Å²) in [7, 11) is 0. The van der Waals surface area contributed by atoms with Gasteiger partial charge in [-0.1, -0.05) is 34.5 Å². The Bertz CT molecular complexity index is 796. The Labute approximate surface area is 130 Å². The fraction of sp³-hybridized carbons (Fsp3) is 0. The predicted molar refractivity (Wildman–Crippen MR) is 82.1 cm³/mol. The van der Waals surface area contributed by atoms with Crippen molar-refractivity contribution < 1.29 is 4.79 Å². The molecular weight excluding hydrogens is 371 g/mol. The molecule has 0 spiro atoms. The van der Waals surface area contributed by atoms with E-state index in [-0.39, 0.29) is 0 Å². The molecule has 2 aromatic heterocycles. The molecule has 0 amide bonds. The van der Waals surface area contributed by atoms with Crippen molar-refractivity contribution in [2.24, 2.45) is 0 Å². The van der Waals surface area contributed by atoms with E-state index in [2.05, 4.69) is 20.9 Å². The first-order valence-corrected chi connectivity index (χ1v) is 7.55. The van der Waals surface area contributed by atoms with E-state index in [4.69, 9.17) is 23.2 Å². The number of hydrogen-bond acceptors (Lipinski definition) is 3. The van der Waals surface area contributed by atoms with Crippen LogP contribution in [-0.2, 0) is 0 Å². The number of hydrogen-bond donors (Lipinski definition) is 0. The molecule has 3 aromatic rings. The Morgan fingerprint density at radius 3 is 2.95 bits per heavy atom. The minimum absolute atomic E-state index is 0.522. The quantitative estimate of drug-likeness (QED) is 0.468. The summed E-state index contributed by atoms with van der Waals surface area (Å²) in [4.78, 5) is 15.4. The van der Waals surface area contributed by atoms with Gasteiger partial charge in [0.25, 0.3) is 0 Å². The first kappa shape index (κ1) is 13.1. The number of halogens is 3. The highest BCUT2D eigenvalue weighted by atomic mass is 79.9. The van der Waals surface area contributed by atoms with E-state index < -0.39 is 0 Å². The van der Waals surface area contributed by atoms with Crippen LogP contribution >= 0.6 is 50.5 Å². The number of aldehydes is 1. The average molecular weight is 376 g/mol. The zero-order chi connectivity index (χ0) is 13.6. The second-order valence-corrected chi connectivity index (χ2v) is 6.37. The van der Waals surface area contributed by atoms with Gasteiger partial charge in [-0.2, -0.15) is 0 Å². The first-order chi connectivity index (χ1) is 9.11. The molecule has 0 unspecified atom stereocenters. The van der Waals surface area contributed by atoms with E-state index >= 15 is 0 Å². The lowest BCUT2D eigenvalue weighted by molar-refractivity contribution is 0.111. The maximum atomic E-state index is 11.0. The van der Waals surface area contributed by atoms with Gasteiger partial charge in [-0.3, -0.25) is 9.36 Å². The van der Waals surface area contributed by atoms with Gasteiger partial charge in [0.2, 0.25) is 0 Å².